The molecular weight excluding hydrogens is 292 g/mol. The van der Waals surface area contributed by atoms with Crippen molar-refractivity contribution in [2.45, 2.75) is 6.92 Å². The fourth-order valence-electron chi connectivity index (χ4n) is 1.74. The van der Waals surface area contributed by atoms with Gasteiger partial charge >= 0.3 is 5.97 Å². The van der Waals surface area contributed by atoms with E-state index in [2.05, 4.69) is 10.1 Å². The largest absolute Gasteiger partial charge is 0.462 e. The lowest BCUT2D eigenvalue weighted by Crippen LogP contribution is -2.13. The molecule has 0 aliphatic rings. The van der Waals surface area contributed by atoms with Crippen LogP contribution in [0.1, 0.15) is 17.3 Å². The van der Waals surface area contributed by atoms with Crippen molar-refractivity contribution in [3.05, 3.63) is 42.2 Å². The van der Waals surface area contributed by atoms with Crippen LogP contribution in [0.5, 0.6) is 0 Å². The summed E-state index contributed by atoms with van der Waals surface area (Å²) < 4.78 is 6.67. The Morgan fingerprint density at radius 1 is 1.52 bits per heavy atom. The zero-order valence-electron chi connectivity index (χ0n) is 11.5. The second kappa shape index (κ2) is 6.90. The number of esters is 1. The van der Waals surface area contributed by atoms with E-state index in [1.165, 1.54) is 0 Å². The molecule has 2 aromatic rings. The first kappa shape index (κ1) is 15.1. The lowest BCUT2D eigenvalue weighted by molar-refractivity contribution is 0.0527. The van der Waals surface area contributed by atoms with Crippen molar-refractivity contribution in [2.75, 3.05) is 12.5 Å². The Balaban J connectivity index is 2.48. The molecule has 21 heavy (non-hydrogen) atoms. The summed E-state index contributed by atoms with van der Waals surface area (Å²) in [6, 6.07) is 6.90. The molecular formula is C14H15ClN4O2. The number of benzene rings is 1. The summed E-state index contributed by atoms with van der Waals surface area (Å²) in [7, 11) is 0. The Hall–Kier alpha value is -2.34. The molecule has 0 fully saturated rings. The molecule has 1 aromatic heterocycles. The van der Waals surface area contributed by atoms with Crippen molar-refractivity contribution in [1.29, 1.82) is 0 Å². The predicted octanol–water partition coefficient (Wildman–Crippen LogP) is 2.28. The third-order valence-corrected chi connectivity index (χ3v) is 2.92. The zero-order valence-corrected chi connectivity index (χ0v) is 12.2. The van der Waals surface area contributed by atoms with Gasteiger partial charge in [0, 0.05) is 12.4 Å². The minimum Gasteiger partial charge on any atom is -0.462 e. The Bertz CT molecular complexity index is 653. The topological polar surface area (TPSA) is 82.5 Å². The fourth-order valence-corrected chi connectivity index (χ4v) is 1.80. The fraction of sp³-hybridized carbons (Fsp3) is 0.214. The number of nitrogens with two attached hydrogens (primary N) is 1. The van der Waals surface area contributed by atoms with Crippen LogP contribution in [0, 0.1) is 0 Å². The number of ether oxygens (including phenoxy) is 1. The molecule has 2 N–H and O–H groups in total. The Morgan fingerprint density at radius 3 is 2.95 bits per heavy atom. The maximum atomic E-state index is 11.9. The summed E-state index contributed by atoms with van der Waals surface area (Å²) in [6.07, 6.45) is 3.45. The summed E-state index contributed by atoms with van der Waals surface area (Å²) in [5.74, 6) is -0.153. The first-order valence-electron chi connectivity index (χ1n) is 6.36. The molecule has 0 aliphatic heterocycles. The number of aromatic nitrogens is 2. The average molecular weight is 307 g/mol. The van der Waals surface area contributed by atoms with Gasteiger partial charge in [0.05, 0.1) is 29.4 Å². The van der Waals surface area contributed by atoms with Gasteiger partial charge in [0.25, 0.3) is 0 Å². The van der Waals surface area contributed by atoms with Gasteiger partial charge in [-0.15, -0.1) is 11.6 Å². The summed E-state index contributed by atoms with van der Waals surface area (Å²) >= 11 is 5.64. The maximum absolute atomic E-state index is 11.9. The summed E-state index contributed by atoms with van der Waals surface area (Å²) in [6.45, 7) is 2.03. The van der Waals surface area contributed by atoms with E-state index in [-0.39, 0.29) is 18.3 Å². The van der Waals surface area contributed by atoms with Crippen LogP contribution >= 0.6 is 11.6 Å². The molecule has 110 valence electrons. The lowest BCUT2D eigenvalue weighted by Gasteiger charge is -2.09. The number of rotatable bonds is 5. The first-order valence-corrected chi connectivity index (χ1v) is 6.89. The van der Waals surface area contributed by atoms with Gasteiger partial charge in [0.1, 0.15) is 5.84 Å². The Kier molecular flexibility index (Phi) is 4.94. The molecule has 6 nitrogen and oxygen atoms in total. The van der Waals surface area contributed by atoms with Crippen molar-refractivity contribution < 1.29 is 9.53 Å². The number of amidine groups is 1. The van der Waals surface area contributed by atoms with Gasteiger partial charge in [0.15, 0.2) is 0 Å². The molecule has 7 heteroatoms. The quantitative estimate of drug-likeness (QED) is 0.397. The average Bonchev–Trinajstić information content (AvgIpc) is 3.01. The smallest absolute Gasteiger partial charge is 0.340 e. The number of carbonyl (C=O) groups excluding carboxylic acids is 1. The molecule has 0 bridgehead atoms. The normalized spacial score (nSPS) is 11.4. The minimum atomic E-state index is -0.453. The van der Waals surface area contributed by atoms with Crippen LogP contribution in [-0.4, -0.2) is 34.1 Å². The monoisotopic (exact) mass is 306 g/mol. The van der Waals surface area contributed by atoms with Gasteiger partial charge in [-0.3, -0.25) is 0 Å². The molecule has 0 aliphatic carbocycles. The van der Waals surface area contributed by atoms with Crippen LogP contribution < -0.4 is 5.73 Å². The van der Waals surface area contributed by atoms with E-state index in [0.717, 1.165) is 5.69 Å². The number of hydrogen-bond donors (Lipinski definition) is 1. The number of carbonyl (C=O) groups is 1. The van der Waals surface area contributed by atoms with Crippen LogP contribution in [0.4, 0.5) is 5.69 Å². The van der Waals surface area contributed by atoms with E-state index >= 15 is 0 Å². The molecule has 1 heterocycles. The number of hydrogen-bond acceptors (Lipinski definition) is 4. The number of alkyl halides is 1. The van der Waals surface area contributed by atoms with E-state index in [4.69, 9.17) is 22.1 Å². The lowest BCUT2D eigenvalue weighted by atomic mass is 10.1. The Morgan fingerprint density at radius 2 is 2.33 bits per heavy atom. The molecule has 0 saturated heterocycles. The van der Waals surface area contributed by atoms with Gasteiger partial charge in [-0.2, -0.15) is 5.10 Å². The van der Waals surface area contributed by atoms with Crippen LogP contribution in [0.15, 0.2) is 41.7 Å². The van der Waals surface area contributed by atoms with Gasteiger partial charge < -0.3 is 10.5 Å². The highest BCUT2D eigenvalue weighted by molar-refractivity contribution is 6.28. The Labute approximate surface area is 127 Å². The molecule has 0 saturated carbocycles. The van der Waals surface area contributed by atoms with Gasteiger partial charge in [-0.25, -0.2) is 14.5 Å². The van der Waals surface area contributed by atoms with E-state index in [9.17, 15) is 4.79 Å². The standard InChI is InChI=1S/C14H15ClN4O2/c1-2-21-14(20)11-5-4-10(19-7-3-6-17-19)8-12(11)18-13(16)9-15/h3-8H,2,9H2,1H3,(H2,16,18). The molecule has 0 atom stereocenters. The van der Waals surface area contributed by atoms with Crippen molar-refractivity contribution in [1.82, 2.24) is 9.78 Å². The molecule has 1 aromatic carbocycles. The molecule has 0 radical (unpaired) electrons. The first-order chi connectivity index (χ1) is 10.2. The van der Waals surface area contributed by atoms with Crippen LogP contribution in [-0.2, 0) is 4.74 Å². The SMILES string of the molecule is CCOC(=O)c1ccc(-n2cccn2)cc1N=C(N)CCl. The van der Waals surface area contributed by atoms with Gasteiger partial charge in [0.2, 0.25) is 0 Å². The maximum Gasteiger partial charge on any atom is 0.340 e. The molecule has 0 spiro atoms. The second-order valence-corrected chi connectivity index (χ2v) is 4.38. The summed E-state index contributed by atoms with van der Waals surface area (Å²) in [5, 5.41) is 4.13. The molecule has 0 unspecified atom stereocenters. The number of aliphatic imine (C=N–C) groups is 1. The summed E-state index contributed by atoms with van der Waals surface area (Å²) in [4.78, 5) is 16.1. The van der Waals surface area contributed by atoms with Crippen molar-refractivity contribution in [3.8, 4) is 5.69 Å². The third-order valence-electron chi connectivity index (χ3n) is 2.65. The van der Waals surface area contributed by atoms with E-state index in [1.54, 1.807) is 48.3 Å². The van der Waals surface area contributed by atoms with Crippen molar-refractivity contribution >= 4 is 29.1 Å². The predicted molar refractivity (Wildman–Crippen MR) is 81.5 cm³/mol. The highest BCUT2D eigenvalue weighted by atomic mass is 35.5. The highest BCUT2D eigenvalue weighted by Gasteiger charge is 2.14. The van der Waals surface area contributed by atoms with E-state index < -0.39 is 5.97 Å². The van der Waals surface area contributed by atoms with Gasteiger partial charge in [-0.05, 0) is 31.2 Å². The van der Waals surface area contributed by atoms with Crippen LogP contribution in [0.25, 0.3) is 5.69 Å². The van der Waals surface area contributed by atoms with E-state index in [0.29, 0.717) is 11.3 Å². The highest BCUT2D eigenvalue weighted by Crippen LogP contribution is 2.24. The molecule has 0 amide bonds. The molecule has 2 rings (SSSR count). The van der Waals surface area contributed by atoms with Crippen LogP contribution in [0.2, 0.25) is 0 Å². The third kappa shape index (κ3) is 3.61. The number of halogens is 1. The minimum absolute atomic E-state index is 0.0776. The van der Waals surface area contributed by atoms with Crippen molar-refractivity contribution in [3.63, 3.8) is 0 Å². The van der Waals surface area contributed by atoms with Gasteiger partial charge in [-0.1, -0.05) is 0 Å². The second-order valence-electron chi connectivity index (χ2n) is 4.11. The summed E-state index contributed by atoms with van der Waals surface area (Å²) in [5.41, 5.74) is 7.16. The van der Waals surface area contributed by atoms with Crippen molar-refractivity contribution in [2.24, 2.45) is 10.7 Å². The zero-order chi connectivity index (χ0) is 15.2. The number of nitrogens with zero attached hydrogens (tertiary/aromatic N) is 3. The van der Waals surface area contributed by atoms with Crippen LogP contribution in [0.3, 0.4) is 0 Å². The van der Waals surface area contributed by atoms with E-state index in [1.807, 2.05) is 0 Å².